The molecule has 0 heterocycles. The van der Waals surface area contributed by atoms with Crippen LogP contribution >= 0.6 is 0 Å². The van der Waals surface area contributed by atoms with E-state index in [9.17, 15) is 9.50 Å². The molecule has 0 aliphatic rings. The lowest BCUT2D eigenvalue weighted by molar-refractivity contribution is 0.265. The number of guanidine groups is 1. The fourth-order valence-electron chi connectivity index (χ4n) is 2.38. The van der Waals surface area contributed by atoms with Crippen LogP contribution in [0.5, 0.6) is 0 Å². The molecule has 0 saturated carbocycles. The van der Waals surface area contributed by atoms with Crippen molar-refractivity contribution in [1.29, 1.82) is 0 Å². The summed E-state index contributed by atoms with van der Waals surface area (Å²) in [5.74, 6) is 0.380. The van der Waals surface area contributed by atoms with Crippen LogP contribution in [-0.4, -0.2) is 30.8 Å². The Hall–Kier alpha value is -2.40. The molecule has 0 aliphatic carbocycles. The van der Waals surface area contributed by atoms with E-state index in [0.717, 1.165) is 17.7 Å². The highest BCUT2D eigenvalue weighted by Crippen LogP contribution is 2.13. The van der Waals surface area contributed by atoms with E-state index in [-0.39, 0.29) is 18.3 Å². The maximum absolute atomic E-state index is 13.2. The highest BCUT2D eigenvalue weighted by molar-refractivity contribution is 5.79. The topological polar surface area (TPSA) is 56.7 Å². The zero-order valence-electron chi connectivity index (χ0n) is 13.9. The number of aliphatic hydroxyl groups excluding tert-OH is 1. The van der Waals surface area contributed by atoms with Gasteiger partial charge in [-0.25, -0.2) is 9.38 Å². The Balaban J connectivity index is 1.98. The minimum absolute atomic E-state index is 0.00998. The normalized spacial score (nSPS) is 12.7. The molecule has 2 aromatic carbocycles. The quantitative estimate of drug-likeness (QED) is 0.541. The van der Waals surface area contributed by atoms with E-state index in [0.29, 0.717) is 19.0 Å². The average Bonchev–Trinajstić information content (AvgIpc) is 2.61. The van der Waals surface area contributed by atoms with Gasteiger partial charge in [0.25, 0.3) is 0 Å². The Kier molecular flexibility index (Phi) is 7.23. The minimum Gasteiger partial charge on any atom is -0.396 e. The summed E-state index contributed by atoms with van der Waals surface area (Å²) in [6.45, 7) is 3.72. The first-order valence-corrected chi connectivity index (χ1v) is 8.15. The molecule has 128 valence electrons. The number of halogens is 1. The molecule has 2 rings (SSSR count). The lowest BCUT2D eigenvalue weighted by Gasteiger charge is -2.18. The van der Waals surface area contributed by atoms with Gasteiger partial charge < -0.3 is 15.7 Å². The zero-order chi connectivity index (χ0) is 17.2. The van der Waals surface area contributed by atoms with Crippen LogP contribution in [0.2, 0.25) is 0 Å². The van der Waals surface area contributed by atoms with Gasteiger partial charge in [0.2, 0.25) is 0 Å². The highest BCUT2D eigenvalue weighted by atomic mass is 19.1. The van der Waals surface area contributed by atoms with Crippen molar-refractivity contribution in [2.75, 3.05) is 19.7 Å². The van der Waals surface area contributed by atoms with Crippen LogP contribution in [0.25, 0.3) is 0 Å². The molecule has 0 aliphatic heterocycles. The zero-order valence-corrected chi connectivity index (χ0v) is 13.9. The number of benzene rings is 2. The molecule has 0 aromatic heterocycles. The molecule has 24 heavy (non-hydrogen) atoms. The Labute approximate surface area is 142 Å². The molecule has 2 aromatic rings. The maximum Gasteiger partial charge on any atom is 0.191 e. The summed E-state index contributed by atoms with van der Waals surface area (Å²) in [6.07, 6.45) is 0. The van der Waals surface area contributed by atoms with Crippen LogP contribution in [0.3, 0.4) is 0 Å². The predicted octanol–water partition coefficient (Wildman–Crippen LogP) is 2.66. The average molecular weight is 329 g/mol. The number of rotatable bonds is 7. The number of aliphatic imine (C=N–C) groups is 1. The molecule has 1 unspecified atom stereocenters. The summed E-state index contributed by atoms with van der Waals surface area (Å²) in [5, 5.41) is 16.0. The van der Waals surface area contributed by atoms with Crippen LogP contribution in [-0.2, 0) is 6.54 Å². The van der Waals surface area contributed by atoms with E-state index in [1.807, 2.05) is 43.3 Å². The summed E-state index contributed by atoms with van der Waals surface area (Å²) >= 11 is 0. The third kappa shape index (κ3) is 5.66. The fourth-order valence-corrected chi connectivity index (χ4v) is 2.38. The molecule has 0 radical (unpaired) electrons. The van der Waals surface area contributed by atoms with Crippen molar-refractivity contribution in [3.63, 3.8) is 0 Å². The van der Waals surface area contributed by atoms with Gasteiger partial charge in [0.05, 0.1) is 13.2 Å². The van der Waals surface area contributed by atoms with Gasteiger partial charge >= 0.3 is 0 Å². The van der Waals surface area contributed by atoms with Gasteiger partial charge in [0, 0.05) is 19.0 Å². The summed E-state index contributed by atoms with van der Waals surface area (Å²) in [5.41, 5.74) is 1.89. The number of hydrogen-bond donors (Lipinski definition) is 3. The van der Waals surface area contributed by atoms with Gasteiger partial charge in [0.15, 0.2) is 5.96 Å². The summed E-state index contributed by atoms with van der Waals surface area (Å²) in [4.78, 5) is 4.47. The van der Waals surface area contributed by atoms with Crippen LogP contribution in [0.4, 0.5) is 4.39 Å². The Bertz CT molecular complexity index is 646. The molecule has 1 atom stereocenters. The van der Waals surface area contributed by atoms with E-state index in [4.69, 9.17) is 0 Å². The monoisotopic (exact) mass is 329 g/mol. The molecule has 5 heteroatoms. The molecule has 0 saturated heterocycles. The molecule has 0 bridgehead atoms. The van der Waals surface area contributed by atoms with E-state index >= 15 is 0 Å². The van der Waals surface area contributed by atoms with Crippen LogP contribution in [0, 0.1) is 5.82 Å². The van der Waals surface area contributed by atoms with E-state index in [1.165, 1.54) is 12.1 Å². The van der Waals surface area contributed by atoms with Crippen molar-refractivity contribution in [2.24, 2.45) is 4.99 Å². The Morgan fingerprint density at radius 2 is 1.92 bits per heavy atom. The van der Waals surface area contributed by atoms with Crippen LogP contribution < -0.4 is 10.6 Å². The molecule has 3 N–H and O–H groups in total. The molecule has 4 nitrogen and oxygen atoms in total. The first-order valence-electron chi connectivity index (χ1n) is 8.15. The largest absolute Gasteiger partial charge is 0.396 e. The molecule has 0 spiro atoms. The van der Waals surface area contributed by atoms with E-state index in [2.05, 4.69) is 15.6 Å². The van der Waals surface area contributed by atoms with E-state index < -0.39 is 0 Å². The summed E-state index contributed by atoms with van der Waals surface area (Å²) in [7, 11) is 0. The highest BCUT2D eigenvalue weighted by Gasteiger charge is 2.10. The minimum atomic E-state index is -0.259. The summed E-state index contributed by atoms with van der Waals surface area (Å²) in [6, 6.07) is 16.3. The van der Waals surface area contributed by atoms with Gasteiger partial charge in [-0.15, -0.1) is 0 Å². The van der Waals surface area contributed by atoms with Gasteiger partial charge in [0.1, 0.15) is 5.82 Å². The van der Waals surface area contributed by atoms with Crippen molar-refractivity contribution < 1.29 is 9.50 Å². The third-order valence-corrected chi connectivity index (χ3v) is 3.66. The molecule has 0 amide bonds. The molecular formula is C19H24FN3O. The molecule has 0 fully saturated rings. The lowest BCUT2D eigenvalue weighted by Crippen LogP contribution is -2.39. The standard InChI is InChI=1S/C19H24FN3O/c1-2-21-19(22-12-15-7-6-10-18(20)11-15)23-13-17(14-24)16-8-4-3-5-9-16/h3-11,17,24H,2,12-14H2,1H3,(H2,21,22,23). The number of aliphatic hydroxyl groups is 1. The smallest absolute Gasteiger partial charge is 0.191 e. The fraction of sp³-hybridized carbons (Fsp3) is 0.316. The van der Waals surface area contributed by atoms with E-state index in [1.54, 1.807) is 6.07 Å². The van der Waals surface area contributed by atoms with Gasteiger partial charge in [-0.2, -0.15) is 0 Å². The maximum atomic E-state index is 13.2. The van der Waals surface area contributed by atoms with Crippen molar-refractivity contribution in [2.45, 2.75) is 19.4 Å². The third-order valence-electron chi connectivity index (χ3n) is 3.66. The lowest BCUT2D eigenvalue weighted by atomic mass is 10.0. The second-order valence-electron chi connectivity index (χ2n) is 5.50. The van der Waals surface area contributed by atoms with Crippen molar-refractivity contribution in [3.05, 3.63) is 71.5 Å². The SMILES string of the molecule is CCNC(=NCc1cccc(F)c1)NCC(CO)c1ccccc1. The number of nitrogens with one attached hydrogen (secondary N) is 2. The number of nitrogens with zero attached hydrogens (tertiary/aromatic N) is 1. The Morgan fingerprint density at radius 1 is 1.12 bits per heavy atom. The predicted molar refractivity (Wildman–Crippen MR) is 95.5 cm³/mol. The Morgan fingerprint density at radius 3 is 2.58 bits per heavy atom. The van der Waals surface area contributed by atoms with Crippen molar-refractivity contribution >= 4 is 5.96 Å². The second-order valence-corrected chi connectivity index (χ2v) is 5.50. The van der Waals surface area contributed by atoms with Gasteiger partial charge in [-0.05, 0) is 30.2 Å². The van der Waals surface area contributed by atoms with Gasteiger partial charge in [-0.3, -0.25) is 0 Å². The molecular weight excluding hydrogens is 305 g/mol. The van der Waals surface area contributed by atoms with Gasteiger partial charge in [-0.1, -0.05) is 42.5 Å². The van der Waals surface area contributed by atoms with Crippen molar-refractivity contribution in [3.8, 4) is 0 Å². The second kappa shape index (κ2) is 9.67. The number of hydrogen-bond acceptors (Lipinski definition) is 2. The van der Waals surface area contributed by atoms with Crippen molar-refractivity contribution in [1.82, 2.24) is 10.6 Å². The first-order chi connectivity index (χ1) is 11.7. The van der Waals surface area contributed by atoms with Crippen LogP contribution in [0.15, 0.2) is 59.6 Å². The van der Waals surface area contributed by atoms with Crippen LogP contribution in [0.1, 0.15) is 24.0 Å². The summed E-state index contributed by atoms with van der Waals surface area (Å²) < 4.78 is 13.2. The first kappa shape index (κ1) is 17.9.